The monoisotopic (exact) mass is 371 g/mol. The summed E-state index contributed by atoms with van der Waals surface area (Å²) >= 11 is 3.05. The topological polar surface area (TPSA) is 95.7 Å². The van der Waals surface area contributed by atoms with Crippen LogP contribution in [0.1, 0.15) is 18.9 Å². The predicted molar refractivity (Wildman–Crippen MR) is 83.2 cm³/mol. The molecule has 1 aromatic rings. The summed E-state index contributed by atoms with van der Waals surface area (Å²) in [4.78, 5) is 34.1. The van der Waals surface area contributed by atoms with Crippen LogP contribution in [0.2, 0.25) is 0 Å². The molecule has 22 heavy (non-hydrogen) atoms. The van der Waals surface area contributed by atoms with Crippen molar-refractivity contribution < 1.29 is 23.9 Å². The number of Topliss-reactive ketones (excluding diaryl/α,β-unsaturated/α-hetero) is 1. The normalized spacial score (nSPS) is 13.0. The zero-order valence-corrected chi connectivity index (χ0v) is 13.7. The fraction of sp³-hybridized carbons (Fsp3) is 0.400. The van der Waals surface area contributed by atoms with Crippen LogP contribution in [0, 0.1) is 0 Å². The van der Waals surface area contributed by atoms with Gasteiger partial charge in [-0.3, -0.25) is 9.59 Å². The fourth-order valence-corrected chi connectivity index (χ4v) is 2.14. The molecule has 0 saturated heterocycles. The molecule has 0 radical (unpaired) electrons. The number of esters is 2. The molecule has 1 aromatic carbocycles. The quantitative estimate of drug-likeness (QED) is 0.420. The summed E-state index contributed by atoms with van der Waals surface area (Å²) in [6.07, 6.45) is -0.210. The number of ether oxygens (including phenoxy) is 2. The number of carbonyl (C=O) groups excluding carboxylic acids is 3. The second-order valence-corrected chi connectivity index (χ2v) is 5.56. The van der Waals surface area contributed by atoms with Crippen molar-refractivity contribution in [1.82, 2.24) is 0 Å². The Morgan fingerprint density at radius 1 is 1.18 bits per heavy atom. The van der Waals surface area contributed by atoms with Gasteiger partial charge >= 0.3 is 11.9 Å². The summed E-state index contributed by atoms with van der Waals surface area (Å²) in [5.74, 6) is -1.99. The number of benzene rings is 1. The van der Waals surface area contributed by atoms with E-state index in [0.29, 0.717) is 0 Å². The SMILES string of the molecule is CCOC(=O)C(N)C(=O)C(Br)CC(=O)OCc1ccccc1. The Labute approximate surface area is 137 Å². The Morgan fingerprint density at radius 2 is 1.82 bits per heavy atom. The van der Waals surface area contributed by atoms with Gasteiger partial charge in [0.1, 0.15) is 6.61 Å². The van der Waals surface area contributed by atoms with Crippen LogP contribution in [0.25, 0.3) is 0 Å². The average Bonchev–Trinajstić information content (AvgIpc) is 2.52. The molecule has 6 nitrogen and oxygen atoms in total. The molecule has 0 aliphatic carbocycles. The standard InChI is InChI=1S/C15H18BrNO5/c1-2-21-15(20)13(17)14(19)11(16)8-12(18)22-9-10-6-4-3-5-7-10/h3-7,11,13H,2,8-9,17H2,1H3. The lowest BCUT2D eigenvalue weighted by Crippen LogP contribution is -2.44. The summed E-state index contributed by atoms with van der Waals surface area (Å²) in [5.41, 5.74) is 6.33. The van der Waals surface area contributed by atoms with E-state index in [1.54, 1.807) is 6.92 Å². The maximum atomic E-state index is 11.9. The number of hydrogen-bond donors (Lipinski definition) is 1. The van der Waals surface area contributed by atoms with Crippen molar-refractivity contribution in [2.45, 2.75) is 30.8 Å². The lowest BCUT2D eigenvalue weighted by atomic mass is 10.1. The van der Waals surface area contributed by atoms with E-state index in [1.807, 2.05) is 30.3 Å². The van der Waals surface area contributed by atoms with Crippen LogP contribution < -0.4 is 5.73 Å². The second-order valence-electron chi connectivity index (χ2n) is 4.45. The summed E-state index contributed by atoms with van der Waals surface area (Å²) < 4.78 is 9.72. The summed E-state index contributed by atoms with van der Waals surface area (Å²) in [5, 5.41) is 0. The first-order chi connectivity index (χ1) is 10.5. The van der Waals surface area contributed by atoms with Gasteiger partial charge in [0, 0.05) is 0 Å². The van der Waals surface area contributed by atoms with E-state index in [0.717, 1.165) is 5.56 Å². The maximum Gasteiger partial charge on any atom is 0.330 e. The average molecular weight is 372 g/mol. The molecule has 0 heterocycles. The Hall–Kier alpha value is -1.73. The van der Waals surface area contributed by atoms with Crippen LogP contribution in [-0.2, 0) is 30.5 Å². The summed E-state index contributed by atoms with van der Waals surface area (Å²) in [7, 11) is 0. The number of carbonyl (C=O) groups is 3. The molecule has 2 atom stereocenters. The highest BCUT2D eigenvalue weighted by molar-refractivity contribution is 9.10. The molecule has 0 fully saturated rings. The zero-order valence-electron chi connectivity index (χ0n) is 12.2. The number of nitrogens with two attached hydrogens (primary N) is 1. The van der Waals surface area contributed by atoms with Crippen LogP contribution in [0.4, 0.5) is 0 Å². The summed E-state index contributed by atoms with van der Waals surface area (Å²) in [6, 6.07) is 7.75. The van der Waals surface area contributed by atoms with Gasteiger partial charge in [0.15, 0.2) is 11.8 Å². The van der Waals surface area contributed by atoms with E-state index in [-0.39, 0.29) is 19.6 Å². The minimum Gasteiger partial charge on any atom is -0.464 e. The van der Waals surface area contributed by atoms with Crippen LogP contribution >= 0.6 is 15.9 Å². The predicted octanol–water partition coefficient (Wildman–Crippen LogP) is 1.34. The molecule has 1 rings (SSSR count). The molecule has 0 bridgehead atoms. The summed E-state index contributed by atoms with van der Waals surface area (Å²) in [6.45, 7) is 1.87. The zero-order chi connectivity index (χ0) is 16.5. The third kappa shape index (κ3) is 5.95. The molecule has 0 saturated carbocycles. The van der Waals surface area contributed by atoms with Crippen LogP contribution in [0.15, 0.2) is 30.3 Å². The first-order valence-corrected chi connectivity index (χ1v) is 7.66. The second kappa shape index (κ2) is 9.32. The van der Waals surface area contributed by atoms with Gasteiger partial charge in [-0.15, -0.1) is 0 Å². The Bertz CT molecular complexity index is 520. The van der Waals surface area contributed by atoms with E-state index >= 15 is 0 Å². The first-order valence-electron chi connectivity index (χ1n) is 6.75. The first kappa shape index (κ1) is 18.3. The molecule has 7 heteroatoms. The smallest absolute Gasteiger partial charge is 0.330 e. The number of ketones is 1. The highest BCUT2D eigenvalue weighted by Crippen LogP contribution is 2.11. The van der Waals surface area contributed by atoms with Crippen LogP contribution in [0.5, 0.6) is 0 Å². The van der Waals surface area contributed by atoms with Crippen molar-refractivity contribution in [2.24, 2.45) is 5.73 Å². The molecule has 0 aliphatic heterocycles. The van der Waals surface area contributed by atoms with E-state index in [9.17, 15) is 14.4 Å². The van der Waals surface area contributed by atoms with Gasteiger partial charge < -0.3 is 15.2 Å². The lowest BCUT2D eigenvalue weighted by Gasteiger charge is -2.13. The third-order valence-corrected chi connectivity index (χ3v) is 3.52. The minimum atomic E-state index is -1.41. The number of halogens is 1. The van der Waals surface area contributed by atoms with Crippen molar-refractivity contribution in [2.75, 3.05) is 6.61 Å². The molecule has 0 amide bonds. The lowest BCUT2D eigenvalue weighted by molar-refractivity contribution is -0.149. The Balaban J connectivity index is 2.43. The van der Waals surface area contributed by atoms with Gasteiger partial charge in [0.25, 0.3) is 0 Å². The number of rotatable bonds is 8. The molecule has 2 unspecified atom stereocenters. The minimum absolute atomic E-state index is 0.123. The molecule has 0 aromatic heterocycles. The van der Waals surface area contributed by atoms with Crippen molar-refractivity contribution in [3.8, 4) is 0 Å². The van der Waals surface area contributed by atoms with Crippen molar-refractivity contribution >= 4 is 33.7 Å². The maximum absolute atomic E-state index is 11.9. The van der Waals surface area contributed by atoms with Gasteiger partial charge in [0.2, 0.25) is 0 Å². The fourth-order valence-electron chi connectivity index (χ4n) is 1.59. The van der Waals surface area contributed by atoms with E-state index < -0.39 is 28.6 Å². The molecule has 120 valence electrons. The van der Waals surface area contributed by atoms with Gasteiger partial charge in [-0.25, -0.2) is 4.79 Å². The van der Waals surface area contributed by atoms with Crippen LogP contribution in [0.3, 0.4) is 0 Å². The molecular weight excluding hydrogens is 354 g/mol. The van der Waals surface area contributed by atoms with Gasteiger partial charge in [0.05, 0.1) is 17.9 Å². The molecule has 2 N–H and O–H groups in total. The van der Waals surface area contributed by atoms with Gasteiger partial charge in [-0.05, 0) is 12.5 Å². The van der Waals surface area contributed by atoms with Crippen LogP contribution in [-0.4, -0.2) is 35.2 Å². The molecule has 0 spiro atoms. The van der Waals surface area contributed by atoms with Crippen molar-refractivity contribution in [3.63, 3.8) is 0 Å². The van der Waals surface area contributed by atoms with E-state index in [1.165, 1.54) is 0 Å². The van der Waals surface area contributed by atoms with Gasteiger partial charge in [-0.2, -0.15) is 0 Å². The van der Waals surface area contributed by atoms with E-state index in [2.05, 4.69) is 20.7 Å². The number of alkyl halides is 1. The molecule has 0 aliphatic rings. The van der Waals surface area contributed by atoms with Gasteiger partial charge in [-0.1, -0.05) is 46.3 Å². The highest BCUT2D eigenvalue weighted by atomic mass is 79.9. The third-order valence-electron chi connectivity index (χ3n) is 2.74. The largest absolute Gasteiger partial charge is 0.464 e. The number of hydrogen-bond acceptors (Lipinski definition) is 6. The van der Waals surface area contributed by atoms with E-state index in [4.69, 9.17) is 10.5 Å². The Morgan fingerprint density at radius 3 is 2.41 bits per heavy atom. The highest BCUT2D eigenvalue weighted by Gasteiger charge is 2.30. The van der Waals surface area contributed by atoms with Crippen molar-refractivity contribution in [3.05, 3.63) is 35.9 Å². The van der Waals surface area contributed by atoms with Crippen molar-refractivity contribution in [1.29, 1.82) is 0 Å². The Kier molecular flexibility index (Phi) is 7.76. The molecular formula is C15H18BrNO5.